The first kappa shape index (κ1) is 19.4. The summed E-state index contributed by atoms with van der Waals surface area (Å²) in [4.78, 5) is 7.08. The number of hydrogen-bond donors (Lipinski definition) is 2. The molecule has 0 spiro atoms. The molecule has 1 fully saturated rings. The van der Waals surface area contributed by atoms with E-state index in [1.807, 2.05) is 17.8 Å². The molecule has 2 atom stereocenters. The number of aromatic nitrogens is 3. The van der Waals surface area contributed by atoms with Crippen LogP contribution in [0.4, 0.5) is 5.13 Å². The quantitative estimate of drug-likeness (QED) is 0.640. The number of sulfone groups is 1. The van der Waals surface area contributed by atoms with Crippen LogP contribution in [0.3, 0.4) is 0 Å². The Bertz CT molecular complexity index is 1030. The summed E-state index contributed by atoms with van der Waals surface area (Å²) in [6, 6.07) is 6.97. The highest BCUT2D eigenvalue weighted by Crippen LogP contribution is 2.31. The summed E-state index contributed by atoms with van der Waals surface area (Å²) in [5.41, 5.74) is 2.63. The van der Waals surface area contributed by atoms with Gasteiger partial charge in [0.25, 0.3) is 0 Å². The fourth-order valence-corrected chi connectivity index (χ4v) is 4.92. The Balaban J connectivity index is 0.000000153. The Kier molecular flexibility index (Phi) is 5.42. The molecule has 10 heteroatoms. The van der Waals surface area contributed by atoms with Crippen molar-refractivity contribution >= 4 is 37.9 Å². The van der Waals surface area contributed by atoms with Crippen LogP contribution in [0.15, 0.2) is 46.9 Å². The number of fused-ring (bicyclic) bond motifs is 4. The molecule has 2 unspecified atom stereocenters. The van der Waals surface area contributed by atoms with Crippen LogP contribution in [0.1, 0.15) is 17.3 Å². The van der Waals surface area contributed by atoms with Gasteiger partial charge >= 0.3 is 0 Å². The standard InChI is InChI=1S/C11H13N5S.C7H7ClO2S/c1-2-17-11(12-1)16-5-7-3-9-8(4-13-15-9)10(6-16)14-7;1-11(9,10)7-4-2-6(8)3-5-7/h1-2,4,7,10,14H,3,5-6H2,(H,13,15);2-5H,1H3. The van der Waals surface area contributed by atoms with E-state index in [4.69, 9.17) is 11.6 Å². The van der Waals surface area contributed by atoms with Gasteiger partial charge in [-0.25, -0.2) is 13.4 Å². The fourth-order valence-electron chi connectivity index (χ4n) is 3.50. The molecule has 3 aromatic rings. The smallest absolute Gasteiger partial charge is 0.185 e. The van der Waals surface area contributed by atoms with E-state index in [2.05, 4.69) is 25.4 Å². The second-order valence-corrected chi connectivity index (χ2v) is 10.2. The molecule has 5 rings (SSSR count). The lowest BCUT2D eigenvalue weighted by molar-refractivity contribution is 0.349. The van der Waals surface area contributed by atoms with E-state index in [1.165, 1.54) is 23.4 Å². The number of benzene rings is 1. The molecule has 2 aromatic heterocycles. The van der Waals surface area contributed by atoms with Crippen molar-refractivity contribution < 1.29 is 8.42 Å². The number of rotatable bonds is 2. The van der Waals surface area contributed by atoms with Crippen molar-refractivity contribution in [3.8, 4) is 0 Å². The van der Waals surface area contributed by atoms with Crippen LogP contribution < -0.4 is 10.2 Å². The molecule has 28 heavy (non-hydrogen) atoms. The van der Waals surface area contributed by atoms with Gasteiger partial charge in [0.15, 0.2) is 15.0 Å². The van der Waals surface area contributed by atoms with Gasteiger partial charge in [-0.05, 0) is 24.3 Å². The van der Waals surface area contributed by atoms with Crippen LogP contribution in [0.5, 0.6) is 0 Å². The van der Waals surface area contributed by atoms with E-state index in [1.54, 1.807) is 23.5 Å². The van der Waals surface area contributed by atoms with Crippen LogP contribution in [0.2, 0.25) is 5.02 Å². The SMILES string of the molecule is CS(=O)(=O)c1ccc(Cl)cc1.c1csc(N2CC3Cc4[nH]ncc4C(C2)N3)n1. The molecule has 0 amide bonds. The molecule has 7 nitrogen and oxygen atoms in total. The van der Waals surface area contributed by atoms with Gasteiger partial charge in [0, 0.05) is 59.7 Å². The summed E-state index contributed by atoms with van der Waals surface area (Å²) in [6.45, 7) is 2.01. The molecule has 2 aliphatic rings. The van der Waals surface area contributed by atoms with Gasteiger partial charge in [0.1, 0.15) is 0 Å². The molecule has 0 aliphatic carbocycles. The highest BCUT2D eigenvalue weighted by atomic mass is 35.5. The average molecular weight is 438 g/mol. The molecule has 0 saturated carbocycles. The minimum absolute atomic E-state index is 0.293. The number of nitrogens with one attached hydrogen (secondary N) is 2. The van der Waals surface area contributed by atoms with Crippen LogP contribution in [-0.4, -0.2) is 49.0 Å². The predicted octanol–water partition coefficient (Wildman–Crippen LogP) is 2.69. The van der Waals surface area contributed by atoms with Gasteiger partial charge in [0.2, 0.25) is 0 Å². The molecule has 2 N–H and O–H groups in total. The number of H-pyrrole nitrogens is 1. The van der Waals surface area contributed by atoms with Crippen LogP contribution >= 0.6 is 22.9 Å². The molecule has 0 radical (unpaired) electrons. The maximum Gasteiger partial charge on any atom is 0.185 e. The minimum Gasteiger partial charge on any atom is -0.345 e. The van der Waals surface area contributed by atoms with Crippen LogP contribution in [0.25, 0.3) is 0 Å². The van der Waals surface area contributed by atoms with Crippen molar-refractivity contribution in [3.05, 3.63) is 58.3 Å². The first-order chi connectivity index (χ1) is 13.4. The van der Waals surface area contributed by atoms with E-state index in [0.29, 0.717) is 22.0 Å². The summed E-state index contributed by atoms with van der Waals surface area (Å²) < 4.78 is 21.8. The number of anilines is 1. The van der Waals surface area contributed by atoms with Gasteiger partial charge in [-0.1, -0.05) is 11.6 Å². The highest BCUT2D eigenvalue weighted by Gasteiger charge is 2.35. The molecule has 148 valence electrons. The molecule has 4 heterocycles. The Labute approximate surface area is 172 Å². The number of nitrogens with zero attached hydrogens (tertiary/aromatic N) is 3. The zero-order valence-corrected chi connectivity index (χ0v) is 17.6. The fraction of sp³-hybridized carbons (Fsp3) is 0.333. The number of piperazine rings is 1. The number of hydrogen-bond acceptors (Lipinski definition) is 7. The third-order valence-electron chi connectivity index (χ3n) is 4.79. The van der Waals surface area contributed by atoms with Crippen molar-refractivity contribution in [3.63, 3.8) is 0 Å². The van der Waals surface area contributed by atoms with Gasteiger partial charge < -0.3 is 10.2 Å². The Morgan fingerprint density at radius 2 is 2.04 bits per heavy atom. The van der Waals surface area contributed by atoms with Crippen LogP contribution in [0, 0.1) is 0 Å². The van der Waals surface area contributed by atoms with Gasteiger partial charge in [-0.15, -0.1) is 11.3 Å². The van der Waals surface area contributed by atoms with Crippen molar-refractivity contribution in [2.45, 2.75) is 23.4 Å². The molecule has 1 saturated heterocycles. The monoisotopic (exact) mass is 437 g/mol. The molecular formula is C18H20ClN5O2S2. The van der Waals surface area contributed by atoms with Crippen molar-refractivity contribution in [1.82, 2.24) is 20.5 Å². The second-order valence-electron chi connectivity index (χ2n) is 6.87. The second kappa shape index (κ2) is 7.82. The van der Waals surface area contributed by atoms with Gasteiger partial charge in [-0.3, -0.25) is 5.10 Å². The molecule has 2 bridgehead atoms. The summed E-state index contributed by atoms with van der Waals surface area (Å²) in [5.74, 6) is 0. The molecule has 1 aromatic carbocycles. The van der Waals surface area contributed by atoms with E-state index in [0.717, 1.165) is 30.9 Å². The van der Waals surface area contributed by atoms with Gasteiger partial charge in [-0.2, -0.15) is 5.10 Å². The summed E-state index contributed by atoms with van der Waals surface area (Å²) >= 11 is 7.28. The van der Waals surface area contributed by atoms with E-state index < -0.39 is 9.84 Å². The first-order valence-electron chi connectivity index (χ1n) is 8.78. The number of thiazole rings is 1. The first-order valence-corrected chi connectivity index (χ1v) is 11.9. The van der Waals surface area contributed by atoms with Crippen molar-refractivity contribution in [1.29, 1.82) is 0 Å². The van der Waals surface area contributed by atoms with Crippen molar-refractivity contribution in [2.75, 3.05) is 24.2 Å². The van der Waals surface area contributed by atoms with E-state index >= 15 is 0 Å². The normalized spacial score (nSPS) is 20.9. The van der Waals surface area contributed by atoms with Gasteiger partial charge in [0.05, 0.1) is 17.1 Å². The van der Waals surface area contributed by atoms with Crippen LogP contribution in [-0.2, 0) is 16.3 Å². The van der Waals surface area contributed by atoms with E-state index in [-0.39, 0.29) is 0 Å². The number of aromatic amines is 1. The largest absolute Gasteiger partial charge is 0.345 e. The Hall–Kier alpha value is -1.94. The predicted molar refractivity (Wildman–Crippen MR) is 111 cm³/mol. The summed E-state index contributed by atoms with van der Waals surface area (Å²) in [6.07, 6.45) is 6.03. The zero-order valence-electron chi connectivity index (χ0n) is 15.2. The zero-order chi connectivity index (χ0) is 19.7. The third kappa shape index (κ3) is 4.22. The highest BCUT2D eigenvalue weighted by molar-refractivity contribution is 7.90. The number of halogens is 1. The Morgan fingerprint density at radius 1 is 1.25 bits per heavy atom. The Morgan fingerprint density at radius 3 is 2.71 bits per heavy atom. The van der Waals surface area contributed by atoms with E-state index in [9.17, 15) is 8.42 Å². The lowest BCUT2D eigenvalue weighted by atomic mass is 9.92. The average Bonchev–Trinajstić information content (AvgIpc) is 3.33. The molecular weight excluding hydrogens is 418 g/mol. The summed E-state index contributed by atoms with van der Waals surface area (Å²) in [5, 5.41) is 14.6. The lowest BCUT2D eigenvalue weighted by Crippen LogP contribution is -2.55. The maximum absolute atomic E-state index is 10.9. The summed E-state index contributed by atoms with van der Waals surface area (Å²) in [7, 11) is -3.08. The maximum atomic E-state index is 10.9. The minimum atomic E-state index is -3.08. The van der Waals surface area contributed by atoms with Crippen molar-refractivity contribution in [2.24, 2.45) is 0 Å². The third-order valence-corrected chi connectivity index (χ3v) is 7.00. The topological polar surface area (TPSA) is 91.0 Å². The lowest BCUT2D eigenvalue weighted by Gasteiger charge is -2.41. The molecule has 2 aliphatic heterocycles.